The number of carbonyl (C=O) groups is 1. The zero-order valence-electron chi connectivity index (χ0n) is 8.53. The van der Waals surface area contributed by atoms with Gasteiger partial charge < -0.3 is 9.73 Å². The highest BCUT2D eigenvalue weighted by molar-refractivity contribution is 14.1. The van der Waals surface area contributed by atoms with Crippen LogP contribution in [0.5, 0.6) is 0 Å². The number of nitrogens with zero attached hydrogens (tertiary/aromatic N) is 1. The van der Waals surface area contributed by atoms with Crippen molar-refractivity contribution in [1.82, 2.24) is 4.98 Å². The van der Waals surface area contributed by atoms with Gasteiger partial charge in [0.05, 0.1) is 0 Å². The molecule has 1 amide bonds. The fourth-order valence-corrected chi connectivity index (χ4v) is 1.56. The number of amides is 1. The maximum absolute atomic E-state index is 11.7. The number of anilines is 1. The largest absolute Gasteiger partial charge is 0.448 e. The van der Waals surface area contributed by atoms with Gasteiger partial charge in [0.15, 0.2) is 11.6 Å². The lowest BCUT2D eigenvalue weighted by Gasteiger charge is -2.02. The maximum atomic E-state index is 11.7. The first kappa shape index (κ1) is 11.1. The van der Waals surface area contributed by atoms with Crippen molar-refractivity contribution >= 4 is 34.2 Å². The van der Waals surface area contributed by atoms with E-state index in [9.17, 15) is 4.79 Å². The van der Waals surface area contributed by atoms with E-state index in [1.165, 1.54) is 6.26 Å². The summed E-state index contributed by atoms with van der Waals surface area (Å²) in [7, 11) is 0. The number of aromatic nitrogens is 1. The van der Waals surface area contributed by atoms with E-state index in [0.717, 1.165) is 9.26 Å². The van der Waals surface area contributed by atoms with Crippen LogP contribution in [0.25, 0.3) is 0 Å². The van der Waals surface area contributed by atoms with Crippen LogP contribution in [0.4, 0.5) is 5.69 Å². The van der Waals surface area contributed by atoms with E-state index in [1.807, 2.05) is 24.3 Å². The second-order valence-electron chi connectivity index (χ2n) is 3.21. The Morgan fingerprint density at radius 2 is 2.06 bits per heavy atom. The lowest BCUT2D eigenvalue weighted by atomic mass is 10.3. The highest BCUT2D eigenvalue weighted by Gasteiger charge is 2.10. The molecule has 0 saturated carbocycles. The number of benzene rings is 1. The molecule has 4 nitrogen and oxygen atoms in total. The Morgan fingerprint density at radius 1 is 1.38 bits per heavy atom. The molecule has 0 aliphatic rings. The van der Waals surface area contributed by atoms with E-state index in [0.29, 0.717) is 5.89 Å². The predicted octanol–water partition coefficient (Wildman–Crippen LogP) is 2.84. The number of hydrogen-bond donors (Lipinski definition) is 1. The van der Waals surface area contributed by atoms with Gasteiger partial charge in [-0.1, -0.05) is 0 Å². The Morgan fingerprint density at radius 3 is 2.62 bits per heavy atom. The van der Waals surface area contributed by atoms with Crippen molar-refractivity contribution in [3.8, 4) is 0 Å². The lowest BCUT2D eigenvalue weighted by molar-refractivity contribution is 0.102. The highest BCUT2D eigenvalue weighted by atomic mass is 127. The molecule has 5 heteroatoms. The van der Waals surface area contributed by atoms with Crippen molar-refractivity contribution in [3.63, 3.8) is 0 Å². The number of oxazole rings is 1. The minimum absolute atomic E-state index is 0.266. The summed E-state index contributed by atoms with van der Waals surface area (Å²) < 4.78 is 6.09. The van der Waals surface area contributed by atoms with Crippen LogP contribution in [0, 0.1) is 10.5 Å². The lowest BCUT2D eigenvalue weighted by Crippen LogP contribution is -2.12. The van der Waals surface area contributed by atoms with Gasteiger partial charge in [0.1, 0.15) is 6.26 Å². The van der Waals surface area contributed by atoms with Crippen molar-refractivity contribution in [3.05, 3.63) is 45.7 Å². The quantitative estimate of drug-likeness (QED) is 0.863. The Kier molecular flexibility index (Phi) is 3.23. The number of carbonyl (C=O) groups excluding carboxylic acids is 1. The van der Waals surface area contributed by atoms with E-state index in [1.54, 1.807) is 6.92 Å². The van der Waals surface area contributed by atoms with Crippen molar-refractivity contribution in [2.24, 2.45) is 0 Å². The molecule has 16 heavy (non-hydrogen) atoms. The SMILES string of the molecule is Cc1nc(C(=O)Nc2ccc(I)cc2)co1. The van der Waals surface area contributed by atoms with Gasteiger partial charge in [0, 0.05) is 16.2 Å². The van der Waals surface area contributed by atoms with Crippen LogP contribution in [0.1, 0.15) is 16.4 Å². The van der Waals surface area contributed by atoms with Gasteiger partial charge >= 0.3 is 0 Å². The summed E-state index contributed by atoms with van der Waals surface area (Å²) in [4.78, 5) is 15.6. The molecule has 0 spiro atoms. The molecule has 0 unspecified atom stereocenters. The Bertz CT molecular complexity index is 505. The number of nitrogens with one attached hydrogen (secondary N) is 1. The Labute approximate surface area is 106 Å². The fraction of sp³-hybridized carbons (Fsp3) is 0.0909. The molecular formula is C11H9IN2O2. The third-order valence-electron chi connectivity index (χ3n) is 1.95. The summed E-state index contributed by atoms with van der Waals surface area (Å²) in [5.41, 5.74) is 1.03. The highest BCUT2D eigenvalue weighted by Crippen LogP contribution is 2.12. The van der Waals surface area contributed by atoms with Crippen LogP contribution < -0.4 is 5.32 Å². The first-order valence-corrected chi connectivity index (χ1v) is 5.72. The summed E-state index contributed by atoms with van der Waals surface area (Å²) in [5, 5.41) is 2.73. The normalized spacial score (nSPS) is 10.1. The molecule has 1 heterocycles. The number of hydrogen-bond acceptors (Lipinski definition) is 3. The molecule has 0 bridgehead atoms. The average Bonchev–Trinajstić information content (AvgIpc) is 2.68. The number of aryl methyl sites for hydroxylation is 1. The molecule has 0 saturated heterocycles. The van der Waals surface area contributed by atoms with Crippen LogP contribution in [-0.2, 0) is 0 Å². The van der Waals surface area contributed by atoms with Gasteiger partial charge in [-0.25, -0.2) is 4.98 Å². The smallest absolute Gasteiger partial charge is 0.277 e. The first-order valence-electron chi connectivity index (χ1n) is 4.64. The molecule has 1 aromatic carbocycles. The van der Waals surface area contributed by atoms with E-state index < -0.39 is 0 Å². The number of rotatable bonds is 2. The third-order valence-corrected chi connectivity index (χ3v) is 2.67. The fourth-order valence-electron chi connectivity index (χ4n) is 1.20. The van der Waals surface area contributed by atoms with Crippen LogP contribution in [0.15, 0.2) is 34.9 Å². The summed E-state index contributed by atoms with van der Waals surface area (Å²) in [5.74, 6) is 0.214. The minimum Gasteiger partial charge on any atom is -0.448 e. The van der Waals surface area contributed by atoms with Gasteiger partial charge in [0.2, 0.25) is 0 Å². The monoisotopic (exact) mass is 328 g/mol. The van der Waals surface area contributed by atoms with E-state index in [4.69, 9.17) is 4.42 Å². The Balaban J connectivity index is 2.10. The van der Waals surface area contributed by atoms with Crippen molar-refractivity contribution in [2.45, 2.75) is 6.92 Å². The maximum Gasteiger partial charge on any atom is 0.277 e. The Hall–Kier alpha value is -1.37. The van der Waals surface area contributed by atoms with Gasteiger partial charge in [-0.05, 0) is 46.9 Å². The third kappa shape index (κ3) is 2.60. The van der Waals surface area contributed by atoms with Gasteiger partial charge in [-0.15, -0.1) is 0 Å². The second kappa shape index (κ2) is 4.65. The zero-order chi connectivity index (χ0) is 11.5. The minimum atomic E-state index is -0.266. The molecule has 2 rings (SSSR count). The van der Waals surface area contributed by atoms with Crippen LogP contribution in [0.3, 0.4) is 0 Å². The van der Waals surface area contributed by atoms with E-state index in [-0.39, 0.29) is 11.6 Å². The molecule has 1 N–H and O–H groups in total. The molecule has 1 aromatic heterocycles. The zero-order valence-corrected chi connectivity index (χ0v) is 10.7. The summed E-state index contributed by atoms with van der Waals surface area (Å²) in [6.45, 7) is 1.70. The summed E-state index contributed by atoms with van der Waals surface area (Å²) in [6.07, 6.45) is 1.34. The van der Waals surface area contributed by atoms with Gasteiger partial charge in [-0.3, -0.25) is 4.79 Å². The van der Waals surface area contributed by atoms with Crippen molar-refractivity contribution in [1.29, 1.82) is 0 Å². The predicted molar refractivity (Wildman–Crippen MR) is 68.4 cm³/mol. The topological polar surface area (TPSA) is 55.1 Å². The van der Waals surface area contributed by atoms with E-state index in [2.05, 4.69) is 32.9 Å². The number of halogens is 1. The molecule has 0 radical (unpaired) electrons. The molecule has 0 fully saturated rings. The van der Waals surface area contributed by atoms with Crippen LogP contribution in [-0.4, -0.2) is 10.9 Å². The van der Waals surface area contributed by atoms with Crippen molar-refractivity contribution < 1.29 is 9.21 Å². The molecule has 0 aliphatic heterocycles. The van der Waals surface area contributed by atoms with Crippen molar-refractivity contribution in [2.75, 3.05) is 5.32 Å². The van der Waals surface area contributed by atoms with E-state index >= 15 is 0 Å². The second-order valence-corrected chi connectivity index (χ2v) is 4.46. The van der Waals surface area contributed by atoms with Gasteiger partial charge in [0.25, 0.3) is 5.91 Å². The van der Waals surface area contributed by atoms with Gasteiger partial charge in [-0.2, -0.15) is 0 Å². The summed E-state index contributed by atoms with van der Waals surface area (Å²) >= 11 is 2.21. The molecule has 2 aromatic rings. The molecule has 0 atom stereocenters. The van der Waals surface area contributed by atoms with Crippen LogP contribution in [0.2, 0.25) is 0 Å². The average molecular weight is 328 g/mol. The molecule has 0 aliphatic carbocycles. The molecular weight excluding hydrogens is 319 g/mol. The first-order chi connectivity index (χ1) is 7.65. The standard InChI is InChI=1S/C11H9IN2O2/c1-7-13-10(6-16-7)11(15)14-9-4-2-8(12)3-5-9/h2-6H,1H3,(H,14,15). The van der Waals surface area contributed by atoms with Crippen LogP contribution >= 0.6 is 22.6 Å². The molecule has 82 valence electrons. The summed E-state index contributed by atoms with van der Waals surface area (Å²) in [6, 6.07) is 7.52.